The summed E-state index contributed by atoms with van der Waals surface area (Å²) in [6.07, 6.45) is 1.95. The normalized spacial score (nSPS) is 12.7. The van der Waals surface area contributed by atoms with E-state index in [2.05, 4.69) is 6.92 Å². The Kier molecular flexibility index (Phi) is 5.27. The smallest absolute Gasteiger partial charge is 0.0810 e. The van der Waals surface area contributed by atoms with Gasteiger partial charge >= 0.3 is 0 Å². The molecule has 0 amide bonds. The van der Waals surface area contributed by atoms with Gasteiger partial charge in [-0.1, -0.05) is 43.7 Å². The van der Waals surface area contributed by atoms with E-state index >= 15 is 0 Å². The first-order chi connectivity index (χ1) is 6.86. The molecule has 0 bridgehead atoms. The summed E-state index contributed by atoms with van der Waals surface area (Å²) in [4.78, 5) is 0. The Bertz CT molecular complexity index is 233. The highest BCUT2D eigenvalue weighted by molar-refractivity contribution is 5.13. The Morgan fingerprint density at radius 3 is 2.57 bits per heavy atom. The molecule has 0 unspecified atom stereocenters. The average Bonchev–Trinajstić information content (AvgIpc) is 2.25. The van der Waals surface area contributed by atoms with Crippen LogP contribution in [-0.2, 0) is 11.3 Å². The molecular formula is C12H18O2. The van der Waals surface area contributed by atoms with E-state index in [9.17, 15) is 0 Å². The Morgan fingerprint density at radius 1 is 1.29 bits per heavy atom. The maximum Gasteiger partial charge on any atom is 0.0810 e. The predicted molar refractivity (Wildman–Crippen MR) is 57.0 cm³/mol. The van der Waals surface area contributed by atoms with Gasteiger partial charge in [0.1, 0.15) is 0 Å². The summed E-state index contributed by atoms with van der Waals surface area (Å²) in [5.41, 5.74) is 1.15. The lowest BCUT2D eigenvalue weighted by Crippen LogP contribution is -2.17. The van der Waals surface area contributed by atoms with Crippen molar-refractivity contribution >= 4 is 0 Å². The summed E-state index contributed by atoms with van der Waals surface area (Å²) in [5.74, 6) is 0. The molecule has 0 radical (unpaired) electrons. The van der Waals surface area contributed by atoms with Crippen molar-refractivity contribution in [2.24, 2.45) is 0 Å². The van der Waals surface area contributed by atoms with E-state index < -0.39 is 0 Å². The van der Waals surface area contributed by atoms with Crippen molar-refractivity contribution in [2.45, 2.75) is 32.5 Å². The zero-order valence-electron chi connectivity index (χ0n) is 8.65. The number of rotatable bonds is 6. The van der Waals surface area contributed by atoms with Gasteiger partial charge in [-0.15, -0.1) is 0 Å². The molecule has 1 aromatic carbocycles. The predicted octanol–water partition coefficient (Wildman–Crippen LogP) is 2.36. The van der Waals surface area contributed by atoms with E-state index in [0.29, 0.717) is 6.61 Å². The molecule has 0 aliphatic rings. The van der Waals surface area contributed by atoms with Crippen LogP contribution < -0.4 is 0 Å². The first-order valence-electron chi connectivity index (χ1n) is 5.13. The summed E-state index contributed by atoms with van der Waals surface area (Å²) < 4.78 is 5.57. The van der Waals surface area contributed by atoms with Gasteiger partial charge in [0, 0.05) is 0 Å². The van der Waals surface area contributed by atoms with Gasteiger partial charge in [-0.3, -0.25) is 0 Å². The van der Waals surface area contributed by atoms with Gasteiger partial charge in [-0.05, 0) is 12.0 Å². The van der Waals surface area contributed by atoms with E-state index in [-0.39, 0.29) is 12.7 Å². The van der Waals surface area contributed by atoms with E-state index in [1.54, 1.807) is 0 Å². The molecule has 0 aliphatic carbocycles. The third kappa shape index (κ3) is 3.90. The van der Waals surface area contributed by atoms with Gasteiger partial charge in [0.2, 0.25) is 0 Å². The molecular weight excluding hydrogens is 176 g/mol. The second-order valence-corrected chi connectivity index (χ2v) is 3.39. The van der Waals surface area contributed by atoms with Crippen molar-refractivity contribution in [1.82, 2.24) is 0 Å². The Labute approximate surface area is 85.5 Å². The zero-order chi connectivity index (χ0) is 10.2. The van der Waals surface area contributed by atoms with Gasteiger partial charge in [0.05, 0.1) is 19.3 Å². The lowest BCUT2D eigenvalue weighted by Gasteiger charge is -2.14. The molecule has 1 rings (SSSR count). The maximum atomic E-state index is 9.01. The van der Waals surface area contributed by atoms with Crippen molar-refractivity contribution in [3.05, 3.63) is 35.9 Å². The maximum absolute atomic E-state index is 9.01. The molecule has 0 aromatic heterocycles. The topological polar surface area (TPSA) is 29.5 Å². The fourth-order valence-corrected chi connectivity index (χ4v) is 1.34. The fourth-order valence-electron chi connectivity index (χ4n) is 1.34. The number of aliphatic hydroxyl groups is 1. The first kappa shape index (κ1) is 11.2. The van der Waals surface area contributed by atoms with Crippen LogP contribution in [0.2, 0.25) is 0 Å². The number of ether oxygens (including phenoxy) is 1. The van der Waals surface area contributed by atoms with Crippen molar-refractivity contribution in [3.8, 4) is 0 Å². The van der Waals surface area contributed by atoms with Crippen LogP contribution in [-0.4, -0.2) is 17.8 Å². The average molecular weight is 194 g/mol. The van der Waals surface area contributed by atoms with E-state index in [4.69, 9.17) is 9.84 Å². The summed E-state index contributed by atoms with van der Waals surface area (Å²) in [6.45, 7) is 2.79. The molecule has 14 heavy (non-hydrogen) atoms. The second-order valence-electron chi connectivity index (χ2n) is 3.39. The van der Waals surface area contributed by atoms with Crippen molar-refractivity contribution < 1.29 is 9.84 Å². The molecule has 0 spiro atoms. The standard InChI is InChI=1S/C12H18O2/c1-2-6-12(9-13)14-10-11-7-4-3-5-8-11/h3-5,7-8,12-13H,2,6,9-10H2,1H3/t12-/m0/s1. The van der Waals surface area contributed by atoms with Crippen LogP contribution in [0.4, 0.5) is 0 Å². The minimum Gasteiger partial charge on any atom is -0.394 e. The molecule has 2 nitrogen and oxygen atoms in total. The van der Waals surface area contributed by atoms with Crippen LogP contribution in [0, 0.1) is 0 Å². The molecule has 0 saturated carbocycles. The van der Waals surface area contributed by atoms with Crippen LogP contribution >= 0.6 is 0 Å². The highest BCUT2D eigenvalue weighted by atomic mass is 16.5. The molecule has 1 N–H and O–H groups in total. The second kappa shape index (κ2) is 6.57. The molecule has 1 atom stereocenters. The zero-order valence-corrected chi connectivity index (χ0v) is 8.65. The molecule has 78 valence electrons. The van der Waals surface area contributed by atoms with Gasteiger partial charge in [-0.25, -0.2) is 0 Å². The quantitative estimate of drug-likeness (QED) is 0.753. The van der Waals surface area contributed by atoms with Gasteiger partial charge in [-0.2, -0.15) is 0 Å². The SMILES string of the molecule is CCC[C@@H](CO)OCc1ccccc1. The van der Waals surface area contributed by atoms with Crippen LogP contribution in [0.25, 0.3) is 0 Å². The number of hydrogen-bond acceptors (Lipinski definition) is 2. The van der Waals surface area contributed by atoms with E-state index in [1.165, 1.54) is 0 Å². The molecule has 1 aromatic rings. The first-order valence-corrected chi connectivity index (χ1v) is 5.13. The Morgan fingerprint density at radius 2 is 2.00 bits per heavy atom. The monoisotopic (exact) mass is 194 g/mol. The lowest BCUT2D eigenvalue weighted by atomic mass is 10.2. The van der Waals surface area contributed by atoms with Crippen LogP contribution in [0.5, 0.6) is 0 Å². The highest BCUT2D eigenvalue weighted by Gasteiger charge is 2.05. The number of hydrogen-bond donors (Lipinski definition) is 1. The molecule has 0 saturated heterocycles. The van der Waals surface area contributed by atoms with Crippen LogP contribution in [0.1, 0.15) is 25.3 Å². The fraction of sp³-hybridized carbons (Fsp3) is 0.500. The minimum absolute atomic E-state index is 0.0137. The van der Waals surface area contributed by atoms with E-state index in [0.717, 1.165) is 18.4 Å². The summed E-state index contributed by atoms with van der Waals surface area (Å²) in [5, 5.41) is 9.01. The highest BCUT2D eigenvalue weighted by Crippen LogP contribution is 2.06. The molecule has 0 heterocycles. The number of aliphatic hydroxyl groups excluding tert-OH is 1. The molecule has 2 heteroatoms. The van der Waals surface area contributed by atoms with Crippen LogP contribution in [0.15, 0.2) is 30.3 Å². The minimum atomic E-state index is -0.0137. The van der Waals surface area contributed by atoms with Crippen molar-refractivity contribution in [3.63, 3.8) is 0 Å². The third-order valence-electron chi connectivity index (χ3n) is 2.14. The molecule has 0 fully saturated rings. The summed E-state index contributed by atoms with van der Waals surface area (Å²) in [6, 6.07) is 10.0. The third-order valence-corrected chi connectivity index (χ3v) is 2.14. The van der Waals surface area contributed by atoms with Crippen molar-refractivity contribution in [2.75, 3.05) is 6.61 Å². The van der Waals surface area contributed by atoms with Crippen molar-refractivity contribution in [1.29, 1.82) is 0 Å². The van der Waals surface area contributed by atoms with Gasteiger partial charge in [0.25, 0.3) is 0 Å². The van der Waals surface area contributed by atoms with Crippen LogP contribution in [0.3, 0.4) is 0 Å². The molecule has 0 aliphatic heterocycles. The van der Waals surface area contributed by atoms with E-state index in [1.807, 2.05) is 30.3 Å². The largest absolute Gasteiger partial charge is 0.394 e. The summed E-state index contributed by atoms with van der Waals surface area (Å²) >= 11 is 0. The van der Waals surface area contributed by atoms with Gasteiger partial charge in [0.15, 0.2) is 0 Å². The summed E-state index contributed by atoms with van der Waals surface area (Å²) in [7, 11) is 0. The Hall–Kier alpha value is -0.860. The number of benzene rings is 1. The lowest BCUT2D eigenvalue weighted by molar-refractivity contribution is -0.00244. The van der Waals surface area contributed by atoms with Gasteiger partial charge < -0.3 is 9.84 Å². The Balaban J connectivity index is 2.32.